The quantitative estimate of drug-likeness (QED) is 0.113. The van der Waals surface area contributed by atoms with Crippen LogP contribution in [0.2, 0.25) is 5.82 Å². The second-order valence-electron chi connectivity index (χ2n) is 9.75. The third kappa shape index (κ3) is 24.1. The van der Waals surface area contributed by atoms with Gasteiger partial charge in [0.05, 0.1) is 0 Å². The lowest BCUT2D eigenvalue weighted by Crippen LogP contribution is -1.93. The molecule has 0 heterocycles. The van der Waals surface area contributed by atoms with Crippen molar-refractivity contribution in [3.05, 3.63) is 0 Å². The minimum atomic E-state index is 0.970. The van der Waals surface area contributed by atoms with Crippen LogP contribution in [0.1, 0.15) is 168 Å². The van der Waals surface area contributed by atoms with Gasteiger partial charge in [0.1, 0.15) is 7.85 Å². The van der Waals surface area contributed by atoms with E-state index in [1.807, 2.05) is 0 Å². The Kier molecular flexibility index (Phi) is 25.2. The van der Waals surface area contributed by atoms with Crippen molar-refractivity contribution in [2.24, 2.45) is 0 Å². The van der Waals surface area contributed by atoms with Gasteiger partial charge >= 0.3 is 0 Å². The largest absolute Gasteiger partial charge is 0.105 e. The number of hydrogen-bond acceptors (Lipinski definition) is 0. The third-order valence-electron chi connectivity index (χ3n) is 6.60. The smallest absolute Gasteiger partial charge is 0.0697 e. The highest BCUT2D eigenvalue weighted by Gasteiger charge is 2.02. The van der Waals surface area contributed by atoms with Crippen LogP contribution in [0.4, 0.5) is 0 Å². The van der Waals surface area contributed by atoms with Crippen LogP contribution in [0.3, 0.4) is 0 Å². The van der Waals surface area contributed by atoms with Gasteiger partial charge in [0.25, 0.3) is 0 Å². The summed E-state index contributed by atoms with van der Waals surface area (Å²) in [6.45, 7) is 4.61. The summed E-state index contributed by atoms with van der Waals surface area (Å²) in [7, 11) is 2.47. The van der Waals surface area contributed by atoms with Crippen LogP contribution in [0.25, 0.3) is 0 Å². The fourth-order valence-electron chi connectivity index (χ4n) is 4.46. The van der Waals surface area contributed by atoms with E-state index in [1.54, 1.807) is 0 Å². The van der Waals surface area contributed by atoms with E-state index in [9.17, 15) is 0 Å². The molecule has 1 heteroatoms. The molecule has 0 N–H and O–H groups in total. The highest BCUT2D eigenvalue weighted by molar-refractivity contribution is 6.11. The molecule has 0 spiro atoms. The molecule has 0 rings (SSSR count). The summed E-state index contributed by atoms with van der Waals surface area (Å²) < 4.78 is 0. The molecule has 168 valence electrons. The van der Waals surface area contributed by atoms with E-state index >= 15 is 0 Å². The molecule has 0 fully saturated rings. The fraction of sp³-hybridized carbons (Fsp3) is 1.00. The van der Waals surface area contributed by atoms with Gasteiger partial charge in [0, 0.05) is 0 Å². The molecular formula is C27H57B. The van der Waals surface area contributed by atoms with Crippen molar-refractivity contribution in [3.63, 3.8) is 0 Å². The summed E-state index contributed by atoms with van der Waals surface area (Å²) in [6.07, 6.45) is 35.3. The number of unbranched alkanes of at least 4 members (excludes halogenated alkanes) is 20. The zero-order chi connectivity index (χ0) is 20.5. The van der Waals surface area contributed by atoms with Gasteiger partial charge in [-0.2, -0.15) is 0 Å². The molecule has 0 bridgehead atoms. The fourth-order valence-corrected chi connectivity index (χ4v) is 4.46. The van der Waals surface area contributed by atoms with Gasteiger partial charge in [0.2, 0.25) is 0 Å². The van der Waals surface area contributed by atoms with E-state index in [1.165, 1.54) is 154 Å². The van der Waals surface area contributed by atoms with Crippen molar-refractivity contribution in [2.75, 3.05) is 0 Å². The number of hydrogen-bond donors (Lipinski definition) is 0. The zero-order valence-electron chi connectivity index (χ0n) is 20.5. The standard InChI is InChI=1S/C27H57B/c1-3-5-7-9-10-11-12-13-14-15-16-17-18-19-20-21-22-24-26-27(28)25-23-8-6-4-2/h27H,3-26,28H2,1-2H3. The second-order valence-corrected chi connectivity index (χ2v) is 9.75. The Hall–Kier alpha value is 0.0649. The first kappa shape index (κ1) is 28.1. The second kappa shape index (κ2) is 25.1. The first-order chi connectivity index (χ1) is 13.8. The van der Waals surface area contributed by atoms with Gasteiger partial charge in [-0.3, -0.25) is 0 Å². The van der Waals surface area contributed by atoms with Gasteiger partial charge in [-0.05, 0) is 0 Å². The molecule has 0 aliphatic rings. The van der Waals surface area contributed by atoms with Gasteiger partial charge in [0.15, 0.2) is 0 Å². The Morgan fingerprint density at radius 1 is 0.357 bits per heavy atom. The highest BCUT2D eigenvalue weighted by atomic mass is 14.0. The normalized spacial score (nSPS) is 12.5. The molecule has 0 saturated carbocycles. The first-order valence-electron chi connectivity index (χ1n) is 13.8. The van der Waals surface area contributed by atoms with Crippen molar-refractivity contribution >= 4 is 7.85 Å². The van der Waals surface area contributed by atoms with Crippen molar-refractivity contribution in [1.29, 1.82) is 0 Å². The average Bonchev–Trinajstić information content (AvgIpc) is 2.70. The van der Waals surface area contributed by atoms with Crippen LogP contribution in [0.5, 0.6) is 0 Å². The molecule has 1 unspecified atom stereocenters. The van der Waals surface area contributed by atoms with Gasteiger partial charge in [-0.15, -0.1) is 0 Å². The molecule has 0 saturated heterocycles. The lowest BCUT2D eigenvalue weighted by Gasteiger charge is -2.10. The lowest BCUT2D eigenvalue weighted by atomic mass is 9.79. The topological polar surface area (TPSA) is 0 Å². The van der Waals surface area contributed by atoms with E-state index in [0.717, 1.165) is 5.82 Å². The van der Waals surface area contributed by atoms with Crippen LogP contribution in [-0.2, 0) is 0 Å². The van der Waals surface area contributed by atoms with E-state index in [2.05, 4.69) is 21.7 Å². The summed E-state index contributed by atoms with van der Waals surface area (Å²) in [5.74, 6) is 0.970. The summed E-state index contributed by atoms with van der Waals surface area (Å²) in [5, 5.41) is 0. The molecule has 0 aromatic rings. The molecule has 0 aliphatic heterocycles. The van der Waals surface area contributed by atoms with Crippen LogP contribution >= 0.6 is 0 Å². The Morgan fingerprint density at radius 3 is 0.857 bits per heavy atom. The minimum absolute atomic E-state index is 0.970. The van der Waals surface area contributed by atoms with Gasteiger partial charge in [-0.1, -0.05) is 174 Å². The predicted molar refractivity (Wildman–Crippen MR) is 134 cm³/mol. The summed E-state index contributed by atoms with van der Waals surface area (Å²) in [5.41, 5.74) is 0. The summed E-state index contributed by atoms with van der Waals surface area (Å²) in [4.78, 5) is 0. The average molecular weight is 393 g/mol. The molecular weight excluding hydrogens is 335 g/mol. The predicted octanol–water partition coefficient (Wildman–Crippen LogP) is 9.81. The molecule has 0 nitrogen and oxygen atoms in total. The van der Waals surface area contributed by atoms with E-state index < -0.39 is 0 Å². The van der Waals surface area contributed by atoms with Crippen molar-refractivity contribution < 1.29 is 0 Å². The van der Waals surface area contributed by atoms with E-state index in [4.69, 9.17) is 0 Å². The highest BCUT2D eigenvalue weighted by Crippen LogP contribution is 2.20. The summed E-state index contributed by atoms with van der Waals surface area (Å²) >= 11 is 0. The monoisotopic (exact) mass is 392 g/mol. The maximum absolute atomic E-state index is 2.47. The van der Waals surface area contributed by atoms with Crippen molar-refractivity contribution in [2.45, 2.75) is 174 Å². The van der Waals surface area contributed by atoms with E-state index in [-0.39, 0.29) is 0 Å². The zero-order valence-corrected chi connectivity index (χ0v) is 20.5. The maximum Gasteiger partial charge on any atom is 0.105 e. The van der Waals surface area contributed by atoms with Gasteiger partial charge < -0.3 is 0 Å². The Balaban J connectivity index is 3.06. The molecule has 0 aliphatic carbocycles. The summed E-state index contributed by atoms with van der Waals surface area (Å²) in [6, 6.07) is 0. The molecule has 28 heavy (non-hydrogen) atoms. The molecule has 0 radical (unpaired) electrons. The maximum atomic E-state index is 2.47. The first-order valence-corrected chi connectivity index (χ1v) is 13.8. The minimum Gasteiger partial charge on any atom is -0.0697 e. The Labute approximate surface area is 181 Å². The molecule has 1 atom stereocenters. The molecule has 0 aromatic heterocycles. The van der Waals surface area contributed by atoms with E-state index in [0.29, 0.717) is 0 Å². The molecule has 0 amide bonds. The van der Waals surface area contributed by atoms with Gasteiger partial charge in [-0.25, -0.2) is 0 Å². The Bertz CT molecular complexity index is 263. The van der Waals surface area contributed by atoms with Crippen LogP contribution in [-0.4, -0.2) is 7.85 Å². The van der Waals surface area contributed by atoms with Crippen LogP contribution in [0, 0.1) is 0 Å². The lowest BCUT2D eigenvalue weighted by molar-refractivity contribution is 0.517. The SMILES string of the molecule is BC(CCCCCC)CCCCCCCCCCCCCCCCCCCC. The third-order valence-corrected chi connectivity index (χ3v) is 6.60. The van der Waals surface area contributed by atoms with Crippen molar-refractivity contribution in [3.8, 4) is 0 Å². The number of rotatable bonds is 24. The Morgan fingerprint density at radius 2 is 0.571 bits per heavy atom. The molecule has 0 aromatic carbocycles. The van der Waals surface area contributed by atoms with Crippen LogP contribution < -0.4 is 0 Å². The van der Waals surface area contributed by atoms with Crippen LogP contribution in [0.15, 0.2) is 0 Å². The van der Waals surface area contributed by atoms with Crippen molar-refractivity contribution in [1.82, 2.24) is 0 Å².